The molecule has 0 bridgehead atoms. The molecule has 0 saturated carbocycles. The summed E-state index contributed by atoms with van der Waals surface area (Å²) in [5, 5.41) is 0. The van der Waals surface area contributed by atoms with Crippen molar-refractivity contribution in [1.82, 2.24) is 14.5 Å². The molecule has 1 atom stereocenters. The van der Waals surface area contributed by atoms with Crippen LogP contribution in [0.4, 0.5) is 5.95 Å². The summed E-state index contributed by atoms with van der Waals surface area (Å²) in [6.45, 7) is 0.552. The van der Waals surface area contributed by atoms with Crippen LogP contribution in [-0.2, 0) is 18.2 Å². The number of benzene rings is 3. The summed E-state index contributed by atoms with van der Waals surface area (Å²) < 4.78 is 17.9. The van der Waals surface area contributed by atoms with E-state index in [1.54, 1.807) is 13.1 Å². The molecule has 0 amide bonds. The maximum absolute atomic E-state index is 13.6. The highest BCUT2D eigenvalue weighted by molar-refractivity contribution is 5.89. The van der Waals surface area contributed by atoms with E-state index >= 15 is 0 Å². The summed E-state index contributed by atoms with van der Waals surface area (Å²) in [7, 11) is 4.49. The summed E-state index contributed by atoms with van der Waals surface area (Å²) in [5.74, 6) is 0.348. The van der Waals surface area contributed by atoms with E-state index in [0.717, 1.165) is 16.7 Å². The lowest BCUT2D eigenvalue weighted by molar-refractivity contribution is 0.0600. The standard InChI is InChI=1S/C30H26N4O5/c1-33-28(35)26(37-2)24(27-31-22-11-7-8-12-23(22)39-27)32-30(33)34-16-15-19-17-20(29(36)38-3)13-14-21(19)25(34)18-9-5-4-6-10-18/h4-14,17,25H,15-16H2,1-3H3/t25-/m0/s1. The van der Waals surface area contributed by atoms with Crippen LogP contribution in [-0.4, -0.2) is 41.3 Å². The number of oxazole rings is 1. The highest BCUT2D eigenvalue weighted by Gasteiger charge is 2.33. The van der Waals surface area contributed by atoms with Gasteiger partial charge in [-0.1, -0.05) is 48.5 Å². The third-order valence-corrected chi connectivity index (χ3v) is 7.09. The molecule has 6 rings (SSSR count). The van der Waals surface area contributed by atoms with Crippen molar-refractivity contribution in [3.8, 4) is 17.3 Å². The lowest BCUT2D eigenvalue weighted by atomic mass is 9.87. The normalized spacial score (nSPS) is 14.7. The molecular weight excluding hydrogens is 496 g/mol. The lowest BCUT2D eigenvalue weighted by Gasteiger charge is -2.39. The Hall–Kier alpha value is -4.92. The largest absolute Gasteiger partial charge is 0.489 e. The second-order valence-corrected chi connectivity index (χ2v) is 9.31. The molecule has 0 radical (unpaired) electrons. The van der Waals surface area contributed by atoms with E-state index in [9.17, 15) is 9.59 Å². The minimum absolute atomic E-state index is 0.0594. The number of aromatic nitrogens is 3. The Bertz CT molecular complexity index is 1730. The minimum atomic E-state index is -0.376. The van der Waals surface area contributed by atoms with Crippen LogP contribution >= 0.6 is 0 Å². The first-order valence-corrected chi connectivity index (χ1v) is 12.5. The number of hydrogen-bond acceptors (Lipinski definition) is 8. The van der Waals surface area contributed by atoms with Gasteiger partial charge in [0.25, 0.3) is 11.4 Å². The van der Waals surface area contributed by atoms with Crippen molar-refractivity contribution in [3.63, 3.8) is 0 Å². The first kappa shape index (κ1) is 24.4. The fourth-order valence-electron chi connectivity index (χ4n) is 5.21. The summed E-state index contributed by atoms with van der Waals surface area (Å²) >= 11 is 0. The molecule has 0 spiro atoms. The Labute approximate surface area is 224 Å². The van der Waals surface area contributed by atoms with E-state index in [2.05, 4.69) is 9.88 Å². The number of para-hydroxylation sites is 2. The zero-order valence-electron chi connectivity index (χ0n) is 21.7. The van der Waals surface area contributed by atoms with Crippen LogP contribution in [0.3, 0.4) is 0 Å². The molecule has 3 aromatic carbocycles. The highest BCUT2D eigenvalue weighted by atomic mass is 16.5. The number of rotatable bonds is 5. The van der Waals surface area contributed by atoms with Gasteiger partial charge in [-0.25, -0.2) is 14.8 Å². The van der Waals surface area contributed by atoms with Crippen molar-refractivity contribution in [2.75, 3.05) is 25.7 Å². The number of fused-ring (bicyclic) bond motifs is 2. The third kappa shape index (κ3) is 4.12. The highest BCUT2D eigenvalue weighted by Crippen LogP contribution is 2.39. The van der Waals surface area contributed by atoms with Crippen LogP contribution in [0.25, 0.3) is 22.7 Å². The van der Waals surface area contributed by atoms with E-state index < -0.39 is 0 Å². The average molecular weight is 523 g/mol. The van der Waals surface area contributed by atoms with E-state index in [0.29, 0.717) is 35.6 Å². The zero-order chi connectivity index (χ0) is 27.1. The van der Waals surface area contributed by atoms with Gasteiger partial charge in [0, 0.05) is 13.6 Å². The van der Waals surface area contributed by atoms with Crippen molar-refractivity contribution in [3.05, 3.63) is 105 Å². The number of carbonyl (C=O) groups is 1. The van der Waals surface area contributed by atoms with Crippen LogP contribution in [0.5, 0.6) is 5.75 Å². The predicted octanol–water partition coefficient (Wildman–Crippen LogP) is 4.54. The fourth-order valence-corrected chi connectivity index (χ4v) is 5.21. The molecule has 3 heterocycles. The molecule has 0 saturated heterocycles. The van der Waals surface area contributed by atoms with Crippen LogP contribution in [0.2, 0.25) is 0 Å². The monoisotopic (exact) mass is 522 g/mol. The number of anilines is 1. The molecule has 2 aromatic heterocycles. The van der Waals surface area contributed by atoms with Gasteiger partial charge in [-0.15, -0.1) is 0 Å². The zero-order valence-corrected chi connectivity index (χ0v) is 21.7. The van der Waals surface area contributed by atoms with Crippen molar-refractivity contribution >= 4 is 23.0 Å². The Morgan fingerprint density at radius 3 is 2.51 bits per heavy atom. The molecule has 0 fully saturated rings. The lowest BCUT2D eigenvalue weighted by Crippen LogP contribution is -2.40. The molecule has 1 aliphatic rings. The Morgan fingerprint density at radius 1 is 1.00 bits per heavy atom. The first-order valence-electron chi connectivity index (χ1n) is 12.5. The van der Waals surface area contributed by atoms with Crippen molar-refractivity contribution < 1.29 is 18.7 Å². The molecule has 39 heavy (non-hydrogen) atoms. The van der Waals surface area contributed by atoms with E-state index in [4.69, 9.17) is 18.9 Å². The quantitative estimate of drug-likeness (QED) is 0.310. The molecule has 0 N–H and O–H groups in total. The summed E-state index contributed by atoms with van der Waals surface area (Å²) in [4.78, 5) is 37.4. The number of nitrogens with zero attached hydrogens (tertiary/aromatic N) is 4. The maximum Gasteiger partial charge on any atom is 0.337 e. The number of carbonyl (C=O) groups excluding carboxylic acids is 1. The number of ether oxygens (including phenoxy) is 2. The van der Waals surface area contributed by atoms with E-state index in [1.165, 1.54) is 18.8 Å². The van der Waals surface area contributed by atoms with Crippen LogP contribution < -0.4 is 15.2 Å². The van der Waals surface area contributed by atoms with Crippen LogP contribution in [0.1, 0.15) is 33.1 Å². The van der Waals surface area contributed by atoms with Gasteiger partial charge < -0.3 is 18.8 Å². The molecular formula is C30H26N4O5. The summed E-state index contributed by atoms with van der Waals surface area (Å²) in [6.07, 6.45) is 0.642. The SMILES string of the molecule is COC(=O)c1ccc2c(c1)CCN(c1nc(-c3nc4ccccc4o3)c(OC)c(=O)n1C)[C@H]2c1ccccc1. The predicted molar refractivity (Wildman–Crippen MR) is 146 cm³/mol. The molecule has 5 aromatic rings. The summed E-state index contributed by atoms with van der Waals surface area (Å²) in [5.41, 5.74) is 4.74. The maximum atomic E-state index is 13.6. The topological polar surface area (TPSA) is 99.7 Å². The molecule has 196 valence electrons. The van der Waals surface area contributed by atoms with Crippen LogP contribution in [0.15, 0.2) is 82.0 Å². The molecule has 0 aliphatic carbocycles. The molecule has 9 heteroatoms. The van der Waals surface area contributed by atoms with Gasteiger partial charge >= 0.3 is 5.97 Å². The van der Waals surface area contributed by atoms with E-state index in [-0.39, 0.29) is 34.9 Å². The number of hydrogen-bond donors (Lipinski definition) is 0. The van der Waals surface area contributed by atoms with Gasteiger partial charge in [-0.3, -0.25) is 9.36 Å². The van der Waals surface area contributed by atoms with Crippen molar-refractivity contribution in [2.45, 2.75) is 12.5 Å². The Morgan fingerprint density at radius 2 is 1.77 bits per heavy atom. The summed E-state index contributed by atoms with van der Waals surface area (Å²) in [6, 6.07) is 22.8. The van der Waals surface area contributed by atoms with Crippen molar-refractivity contribution in [1.29, 1.82) is 0 Å². The van der Waals surface area contributed by atoms with Gasteiger partial charge in [-0.2, -0.15) is 0 Å². The second kappa shape index (κ2) is 9.75. The number of methoxy groups -OCH3 is 2. The Balaban J connectivity index is 1.54. The minimum Gasteiger partial charge on any atom is -0.489 e. The van der Waals surface area contributed by atoms with Gasteiger partial charge in [0.2, 0.25) is 11.7 Å². The molecule has 9 nitrogen and oxygen atoms in total. The molecule has 1 aliphatic heterocycles. The third-order valence-electron chi connectivity index (χ3n) is 7.09. The van der Waals surface area contributed by atoms with Gasteiger partial charge in [0.05, 0.1) is 25.8 Å². The van der Waals surface area contributed by atoms with Gasteiger partial charge in [-0.05, 0) is 47.4 Å². The van der Waals surface area contributed by atoms with Crippen molar-refractivity contribution in [2.24, 2.45) is 7.05 Å². The van der Waals surface area contributed by atoms with Crippen LogP contribution in [0, 0.1) is 0 Å². The smallest absolute Gasteiger partial charge is 0.337 e. The average Bonchev–Trinajstić information content (AvgIpc) is 3.42. The van der Waals surface area contributed by atoms with Gasteiger partial charge in [0.1, 0.15) is 5.52 Å². The number of esters is 1. The van der Waals surface area contributed by atoms with E-state index in [1.807, 2.05) is 66.7 Å². The fraction of sp³-hybridized carbons (Fsp3) is 0.200. The Kier molecular flexibility index (Phi) is 6.11. The second-order valence-electron chi connectivity index (χ2n) is 9.31. The molecule has 0 unspecified atom stereocenters. The van der Waals surface area contributed by atoms with Gasteiger partial charge in [0.15, 0.2) is 11.3 Å². The first-order chi connectivity index (χ1) is 19.0.